The van der Waals surface area contributed by atoms with E-state index in [0.29, 0.717) is 6.07 Å². The van der Waals surface area contributed by atoms with Gasteiger partial charge in [0.2, 0.25) is 0 Å². The van der Waals surface area contributed by atoms with Gasteiger partial charge in [0.1, 0.15) is 4.90 Å². The van der Waals surface area contributed by atoms with E-state index in [2.05, 4.69) is 0 Å². The van der Waals surface area contributed by atoms with Crippen LogP contribution in [-0.4, -0.2) is 13.0 Å². The average molecular weight is 310 g/mol. The van der Waals surface area contributed by atoms with Crippen LogP contribution in [-0.2, 0) is 16.3 Å². The number of nitrogen functional groups attached to an aromatic ring is 1. The van der Waals surface area contributed by atoms with Crippen LogP contribution in [0.2, 0.25) is 10.0 Å². The van der Waals surface area contributed by atoms with Crippen molar-refractivity contribution in [2.24, 2.45) is 0 Å². The molecule has 0 aliphatic rings. The van der Waals surface area contributed by atoms with Gasteiger partial charge in [0.05, 0.1) is 21.3 Å². The third kappa shape index (κ3) is 2.76. The lowest BCUT2D eigenvalue weighted by Crippen LogP contribution is -2.16. The lowest BCUT2D eigenvalue weighted by atomic mass is 10.2. The highest BCUT2D eigenvalue weighted by Gasteiger charge is 2.41. The molecule has 17 heavy (non-hydrogen) atoms. The van der Waals surface area contributed by atoms with Crippen molar-refractivity contribution in [1.82, 2.24) is 0 Å². The first-order valence-corrected chi connectivity index (χ1v) is 5.98. The van der Waals surface area contributed by atoms with Crippen LogP contribution in [0.4, 0.5) is 18.9 Å². The van der Waals surface area contributed by atoms with Crippen LogP contribution in [0.5, 0.6) is 0 Å². The highest BCUT2D eigenvalue weighted by Crippen LogP contribution is 2.44. The predicted octanol–water partition coefficient (Wildman–Crippen LogP) is 2.84. The van der Waals surface area contributed by atoms with E-state index in [1.165, 1.54) is 0 Å². The normalized spacial score (nSPS) is 12.8. The van der Waals surface area contributed by atoms with Crippen molar-refractivity contribution >= 4 is 39.0 Å². The maximum atomic E-state index is 12.6. The Labute approximate surface area is 104 Å². The smallest absolute Gasteiger partial charge is 0.396 e. The van der Waals surface area contributed by atoms with Gasteiger partial charge in [-0.2, -0.15) is 21.6 Å². The highest BCUT2D eigenvalue weighted by molar-refractivity contribution is 7.86. The van der Waals surface area contributed by atoms with Crippen LogP contribution >= 0.6 is 23.2 Å². The minimum absolute atomic E-state index is 0.504. The zero-order valence-electron chi connectivity index (χ0n) is 7.72. The molecule has 10 heteroatoms. The first-order valence-electron chi connectivity index (χ1n) is 3.78. The van der Waals surface area contributed by atoms with Crippen LogP contribution < -0.4 is 5.73 Å². The molecule has 0 bridgehead atoms. The summed E-state index contributed by atoms with van der Waals surface area (Å²) in [6, 6.07) is 0.649. The second kappa shape index (κ2) is 4.20. The van der Waals surface area contributed by atoms with E-state index in [-0.39, 0.29) is 0 Å². The lowest BCUT2D eigenvalue weighted by Gasteiger charge is -2.15. The number of rotatable bonds is 1. The molecule has 0 fully saturated rings. The zero-order chi connectivity index (χ0) is 13.6. The molecule has 0 aromatic heterocycles. The van der Waals surface area contributed by atoms with Gasteiger partial charge in [-0.25, -0.2) is 0 Å². The van der Waals surface area contributed by atoms with Crippen molar-refractivity contribution in [2.45, 2.75) is 11.1 Å². The molecule has 0 radical (unpaired) electrons. The summed E-state index contributed by atoms with van der Waals surface area (Å²) >= 11 is 10.7. The van der Waals surface area contributed by atoms with Crippen molar-refractivity contribution in [1.29, 1.82) is 0 Å². The lowest BCUT2D eigenvalue weighted by molar-refractivity contribution is -0.139. The SMILES string of the molecule is Nc1c(Cl)cc(Cl)c(C(F)(F)F)c1S(=O)(=O)O. The Bertz CT molecular complexity index is 571. The summed E-state index contributed by atoms with van der Waals surface area (Å²) in [5, 5.41) is -1.47. The van der Waals surface area contributed by atoms with E-state index in [9.17, 15) is 21.6 Å². The fraction of sp³-hybridized carbons (Fsp3) is 0.143. The zero-order valence-corrected chi connectivity index (χ0v) is 10.0. The fourth-order valence-corrected chi connectivity index (χ4v) is 2.70. The molecule has 0 unspecified atom stereocenters. The molecule has 0 saturated carbocycles. The Morgan fingerprint density at radius 1 is 1.24 bits per heavy atom. The van der Waals surface area contributed by atoms with Gasteiger partial charge in [-0.1, -0.05) is 23.2 Å². The molecule has 1 aromatic rings. The molecule has 4 nitrogen and oxygen atoms in total. The van der Waals surface area contributed by atoms with E-state index in [1.54, 1.807) is 0 Å². The number of halogens is 5. The van der Waals surface area contributed by atoms with Gasteiger partial charge in [0.15, 0.2) is 0 Å². The van der Waals surface area contributed by atoms with Gasteiger partial charge in [-0.05, 0) is 6.07 Å². The first kappa shape index (κ1) is 14.4. The van der Waals surface area contributed by atoms with Crippen molar-refractivity contribution in [3.05, 3.63) is 21.7 Å². The van der Waals surface area contributed by atoms with Gasteiger partial charge in [0.25, 0.3) is 10.1 Å². The number of benzene rings is 1. The van der Waals surface area contributed by atoms with Gasteiger partial charge < -0.3 is 5.73 Å². The largest absolute Gasteiger partial charge is 0.419 e. The van der Waals surface area contributed by atoms with E-state index in [4.69, 9.17) is 33.5 Å². The summed E-state index contributed by atoms with van der Waals surface area (Å²) < 4.78 is 68.3. The van der Waals surface area contributed by atoms with Crippen molar-refractivity contribution in [3.8, 4) is 0 Å². The Morgan fingerprint density at radius 3 is 2.06 bits per heavy atom. The standard InChI is InChI=1S/C7H4Cl2F3NO3S/c8-2-1-3(9)5(13)6(17(14,15)16)4(2)7(10,11)12/h1H,13H2,(H,14,15,16). The fourth-order valence-electron chi connectivity index (χ4n) is 1.14. The van der Waals surface area contributed by atoms with Crippen LogP contribution in [0.3, 0.4) is 0 Å². The molecule has 0 amide bonds. The Kier molecular flexibility index (Phi) is 3.55. The summed E-state index contributed by atoms with van der Waals surface area (Å²) in [6.45, 7) is 0. The number of anilines is 1. The summed E-state index contributed by atoms with van der Waals surface area (Å²) in [5.74, 6) is 0. The molecule has 0 heterocycles. The molecule has 0 atom stereocenters. The van der Waals surface area contributed by atoms with Crippen LogP contribution in [0.15, 0.2) is 11.0 Å². The quantitative estimate of drug-likeness (QED) is 0.617. The minimum Gasteiger partial charge on any atom is -0.396 e. The number of hydrogen-bond donors (Lipinski definition) is 2. The van der Waals surface area contributed by atoms with Crippen molar-refractivity contribution < 1.29 is 26.1 Å². The maximum absolute atomic E-state index is 12.6. The third-order valence-corrected chi connectivity index (χ3v) is 3.31. The van der Waals surface area contributed by atoms with Gasteiger partial charge in [0, 0.05) is 0 Å². The second-order valence-corrected chi connectivity index (χ2v) is 5.10. The van der Waals surface area contributed by atoms with Crippen LogP contribution in [0, 0.1) is 0 Å². The summed E-state index contributed by atoms with van der Waals surface area (Å²) in [5.41, 5.74) is 2.45. The number of hydrogen-bond acceptors (Lipinski definition) is 3. The number of nitrogens with two attached hydrogens (primary N) is 1. The average Bonchev–Trinajstić information content (AvgIpc) is 2.06. The van der Waals surface area contributed by atoms with Gasteiger partial charge in [-0.15, -0.1) is 0 Å². The van der Waals surface area contributed by atoms with Crippen LogP contribution in [0.25, 0.3) is 0 Å². The molecule has 3 N–H and O–H groups in total. The van der Waals surface area contributed by atoms with Crippen molar-refractivity contribution in [3.63, 3.8) is 0 Å². The summed E-state index contributed by atoms with van der Waals surface area (Å²) in [7, 11) is -5.21. The Morgan fingerprint density at radius 2 is 1.71 bits per heavy atom. The van der Waals surface area contributed by atoms with Gasteiger partial charge in [-0.3, -0.25) is 4.55 Å². The summed E-state index contributed by atoms with van der Waals surface area (Å²) in [4.78, 5) is -1.54. The Balaban J connectivity index is 3.89. The molecule has 1 aromatic carbocycles. The second-order valence-electron chi connectivity index (χ2n) is 2.93. The van der Waals surface area contributed by atoms with E-state index < -0.39 is 42.5 Å². The van der Waals surface area contributed by atoms with Gasteiger partial charge >= 0.3 is 6.18 Å². The maximum Gasteiger partial charge on any atom is 0.419 e. The molecule has 0 aliphatic carbocycles. The van der Waals surface area contributed by atoms with Crippen LogP contribution in [0.1, 0.15) is 5.56 Å². The molecular formula is C7H4Cl2F3NO3S. The minimum atomic E-state index is -5.21. The third-order valence-electron chi connectivity index (χ3n) is 1.76. The van der Waals surface area contributed by atoms with E-state index >= 15 is 0 Å². The number of alkyl halides is 3. The van der Waals surface area contributed by atoms with Crippen molar-refractivity contribution in [2.75, 3.05) is 5.73 Å². The molecule has 96 valence electrons. The summed E-state index contributed by atoms with van der Waals surface area (Å²) in [6.07, 6.45) is -5.10. The monoisotopic (exact) mass is 309 g/mol. The molecule has 0 saturated heterocycles. The van der Waals surface area contributed by atoms with E-state index in [1.807, 2.05) is 0 Å². The van der Waals surface area contributed by atoms with E-state index in [0.717, 1.165) is 0 Å². The molecule has 0 aliphatic heterocycles. The molecular weight excluding hydrogens is 306 g/mol. The predicted molar refractivity (Wildman–Crippen MR) is 55.7 cm³/mol. The molecule has 0 spiro atoms. The molecule has 1 rings (SSSR count). The first-order chi connectivity index (χ1) is 7.46. The highest BCUT2D eigenvalue weighted by atomic mass is 35.5. The Hall–Kier alpha value is -0.700. The topological polar surface area (TPSA) is 80.4 Å².